The van der Waals surface area contributed by atoms with Crippen LogP contribution in [-0.4, -0.2) is 28.6 Å². The number of hydrogen-bond acceptors (Lipinski definition) is 4. The second kappa shape index (κ2) is 7.44. The Morgan fingerprint density at radius 2 is 1.55 bits per heavy atom. The standard InChI is InChI=1S/C22H19N3O5S/c1-24-19-11-9-16(13-20(19)25(2)22(24)28)31(29,30)23-18-10-8-15(12-17(18)21(26)27)14-6-4-3-5-7-14/h3-13,23H,1-2H3,(H,26,27). The average Bonchev–Trinajstić information content (AvgIpc) is 2.98. The quantitative estimate of drug-likeness (QED) is 0.499. The molecule has 0 spiro atoms. The fraction of sp³-hybridized carbons (Fsp3) is 0.0909. The molecule has 1 aromatic heterocycles. The largest absolute Gasteiger partial charge is 0.478 e. The van der Waals surface area contributed by atoms with E-state index in [0.29, 0.717) is 16.6 Å². The Kier molecular flexibility index (Phi) is 4.90. The number of aromatic carboxylic acids is 1. The lowest BCUT2D eigenvalue weighted by atomic mass is 10.0. The number of imidazole rings is 1. The highest BCUT2D eigenvalue weighted by molar-refractivity contribution is 7.92. The first-order chi connectivity index (χ1) is 14.7. The molecule has 0 fully saturated rings. The van der Waals surface area contributed by atoms with E-state index in [0.717, 1.165) is 5.56 Å². The molecule has 0 saturated heterocycles. The number of benzene rings is 3. The van der Waals surface area contributed by atoms with Crippen LogP contribution in [0.5, 0.6) is 0 Å². The number of carboxylic acids is 1. The third-order valence-electron chi connectivity index (χ3n) is 5.16. The zero-order valence-corrected chi connectivity index (χ0v) is 17.6. The van der Waals surface area contributed by atoms with Crippen LogP contribution < -0.4 is 10.4 Å². The molecule has 0 amide bonds. The molecule has 0 unspecified atom stereocenters. The maximum atomic E-state index is 13.0. The van der Waals surface area contributed by atoms with Gasteiger partial charge in [-0.05, 0) is 41.5 Å². The van der Waals surface area contributed by atoms with Crippen LogP contribution in [0.2, 0.25) is 0 Å². The first kappa shape index (κ1) is 20.4. The Hall–Kier alpha value is -3.85. The number of hydrogen-bond donors (Lipinski definition) is 2. The summed E-state index contributed by atoms with van der Waals surface area (Å²) in [5.74, 6) is -1.25. The molecule has 8 nitrogen and oxygen atoms in total. The molecule has 0 aliphatic heterocycles. The SMILES string of the molecule is Cn1c(=O)n(C)c2cc(S(=O)(=O)Nc3ccc(-c4ccccc4)cc3C(=O)O)ccc21. The number of fused-ring (bicyclic) bond motifs is 1. The molecule has 4 rings (SSSR count). The molecule has 0 saturated carbocycles. The predicted octanol–water partition coefficient (Wildman–Crippen LogP) is 3.04. The van der Waals surface area contributed by atoms with Crippen molar-refractivity contribution in [3.05, 3.63) is 82.8 Å². The number of carbonyl (C=O) groups is 1. The third-order valence-corrected chi connectivity index (χ3v) is 6.52. The smallest absolute Gasteiger partial charge is 0.337 e. The monoisotopic (exact) mass is 437 g/mol. The third kappa shape index (κ3) is 3.59. The number of nitrogens with zero attached hydrogens (tertiary/aromatic N) is 2. The van der Waals surface area contributed by atoms with E-state index in [1.807, 2.05) is 30.3 Å². The summed E-state index contributed by atoms with van der Waals surface area (Å²) in [7, 11) is -0.940. The fourth-order valence-corrected chi connectivity index (χ4v) is 4.58. The highest BCUT2D eigenvalue weighted by Crippen LogP contribution is 2.28. The highest BCUT2D eigenvalue weighted by atomic mass is 32.2. The van der Waals surface area contributed by atoms with E-state index >= 15 is 0 Å². The lowest BCUT2D eigenvalue weighted by Gasteiger charge is -2.12. The minimum atomic E-state index is -4.10. The van der Waals surface area contributed by atoms with Crippen molar-refractivity contribution in [1.82, 2.24) is 9.13 Å². The number of aryl methyl sites for hydroxylation is 2. The first-order valence-electron chi connectivity index (χ1n) is 9.30. The number of nitrogens with one attached hydrogen (secondary N) is 1. The molecule has 158 valence electrons. The molecule has 1 heterocycles. The summed E-state index contributed by atoms with van der Waals surface area (Å²) in [6.07, 6.45) is 0. The highest BCUT2D eigenvalue weighted by Gasteiger charge is 2.21. The number of anilines is 1. The lowest BCUT2D eigenvalue weighted by molar-refractivity contribution is 0.0698. The van der Waals surface area contributed by atoms with Gasteiger partial charge in [0.1, 0.15) is 0 Å². The lowest BCUT2D eigenvalue weighted by Crippen LogP contribution is -2.19. The van der Waals surface area contributed by atoms with Crippen molar-refractivity contribution in [3.63, 3.8) is 0 Å². The normalized spacial score (nSPS) is 11.5. The van der Waals surface area contributed by atoms with E-state index in [4.69, 9.17) is 0 Å². The van der Waals surface area contributed by atoms with Gasteiger partial charge in [-0.3, -0.25) is 13.9 Å². The van der Waals surface area contributed by atoms with Gasteiger partial charge < -0.3 is 5.11 Å². The molecule has 31 heavy (non-hydrogen) atoms. The Bertz CT molecular complexity index is 1490. The minimum Gasteiger partial charge on any atom is -0.478 e. The summed E-state index contributed by atoms with van der Waals surface area (Å²) >= 11 is 0. The van der Waals surface area contributed by atoms with Gasteiger partial charge in [0.25, 0.3) is 10.0 Å². The molecule has 0 aliphatic rings. The maximum Gasteiger partial charge on any atom is 0.337 e. The predicted molar refractivity (Wildman–Crippen MR) is 118 cm³/mol. The van der Waals surface area contributed by atoms with Crippen LogP contribution in [0.15, 0.2) is 76.4 Å². The van der Waals surface area contributed by atoms with Gasteiger partial charge in [0.05, 0.1) is 27.2 Å². The van der Waals surface area contributed by atoms with E-state index in [9.17, 15) is 23.1 Å². The molecule has 0 aliphatic carbocycles. The van der Waals surface area contributed by atoms with E-state index in [1.54, 1.807) is 26.2 Å². The molecular weight excluding hydrogens is 418 g/mol. The number of aromatic nitrogens is 2. The van der Waals surface area contributed by atoms with Crippen LogP contribution in [0.4, 0.5) is 5.69 Å². The zero-order valence-electron chi connectivity index (χ0n) is 16.7. The Morgan fingerprint density at radius 1 is 0.871 bits per heavy atom. The van der Waals surface area contributed by atoms with Gasteiger partial charge in [-0.1, -0.05) is 36.4 Å². The molecule has 0 atom stereocenters. The van der Waals surface area contributed by atoms with Gasteiger partial charge in [0, 0.05) is 14.1 Å². The van der Waals surface area contributed by atoms with Crippen molar-refractivity contribution < 1.29 is 18.3 Å². The minimum absolute atomic E-state index is 0.0470. The van der Waals surface area contributed by atoms with Gasteiger partial charge in [0.2, 0.25) is 0 Å². The van der Waals surface area contributed by atoms with Crippen LogP contribution in [0.25, 0.3) is 22.2 Å². The van der Waals surface area contributed by atoms with E-state index in [2.05, 4.69) is 4.72 Å². The summed E-state index contributed by atoms with van der Waals surface area (Å²) in [5.41, 5.74) is 2.02. The first-order valence-corrected chi connectivity index (χ1v) is 10.8. The molecule has 2 N–H and O–H groups in total. The summed E-state index contributed by atoms with van der Waals surface area (Å²) in [4.78, 5) is 23.8. The average molecular weight is 437 g/mol. The Labute approximate surface area is 178 Å². The van der Waals surface area contributed by atoms with Crippen LogP contribution in [0, 0.1) is 0 Å². The van der Waals surface area contributed by atoms with Crippen molar-refractivity contribution in [2.24, 2.45) is 14.1 Å². The topological polar surface area (TPSA) is 110 Å². The summed E-state index contributed by atoms with van der Waals surface area (Å²) in [6, 6.07) is 18.0. The maximum absolute atomic E-state index is 13.0. The van der Waals surface area contributed by atoms with Crippen LogP contribution in [0.3, 0.4) is 0 Å². The number of sulfonamides is 1. The summed E-state index contributed by atoms with van der Waals surface area (Å²) in [6.45, 7) is 0. The number of rotatable bonds is 5. The second-order valence-electron chi connectivity index (χ2n) is 7.09. The van der Waals surface area contributed by atoms with Crippen LogP contribution >= 0.6 is 0 Å². The van der Waals surface area contributed by atoms with E-state index < -0.39 is 16.0 Å². The zero-order chi connectivity index (χ0) is 22.3. The van der Waals surface area contributed by atoms with E-state index in [-0.39, 0.29) is 21.8 Å². The van der Waals surface area contributed by atoms with Gasteiger partial charge >= 0.3 is 11.7 Å². The Morgan fingerprint density at radius 3 is 2.23 bits per heavy atom. The van der Waals surface area contributed by atoms with Crippen molar-refractivity contribution in [2.45, 2.75) is 4.90 Å². The van der Waals surface area contributed by atoms with Crippen molar-refractivity contribution in [2.75, 3.05) is 4.72 Å². The van der Waals surface area contributed by atoms with Gasteiger partial charge in [-0.25, -0.2) is 18.0 Å². The fourth-order valence-electron chi connectivity index (χ4n) is 3.48. The molecule has 0 bridgehead atoms. The molecule has 4 aromatic rings. The molecule has 3 aromatic carbocycles. The molecule has 0 radical (unpaired) electrons. The van der Waals surface area contributed by atoms with Crippen LogP contribution in [-0.2, 0) is 24.1 Å². The van der Waals surface area contributed by atoms with Gasteiger partial charge in [0.15, 0.2) is 0 Å². The molecule has 9 heteroatoms. The van der Waals surface area contributed by atoms with Crippen molar-refractivity contribution >= 4 is 32.7 Å². The van der Waals surface area contributed by atoms with E-state index in [1.165, 1.54) is 33.4 Å². The Balaban J connectivity index is 1.76. The van der Waals surface area contributed by atoms with Crippen LogP contribution in [0.1, 0.15) is 10.4 Å². The van der Waals surface area contributed by atoms with Crippen molar-refractivity contribution in [1.29, 1.82) is 0 Å². The summed E-state index contributed by atoms with van der Waals surface area (Å²) in [5, 5.41) is 9.64. The summed E-state index contributed by atoms with van der Waals surface area (Å²) < 4.78 is 31.1. The van der Waals surface area contributed by atoms with Gasteiger partial charge in [-0.15, -0.1) is 0 Å². The van der Waals surface area contributed by atoms with Gasteiger partial charge in [-0.2, -0.15) is 0 Å². The second-order valence-corrected chi connectivity index (χ2v) is 8.77. The molecular formula is C22H19N3O5S. The number of carboxylic acid groups (broad SMARTS) is 1. The van der Waals surface area contributed by atoms with Crippen molar-refractivity contribution in [3.8, 4) is 11.1 Å².